The monoisotopic (exact) mass is 344 g/mol. The maximum absolute atomic E-state index is 11.3. The molecule has 3 nitrogen and oxygen atoms in total. The zero-order valence-corrected chi connectivity index (χ0v) is 13.2. The Morgan fingerprint density at radius 2 is 2.26 bits per heavy atom. The van der Waals surface area contributed by atoms with Crippen LogP contribution in [0.15, 0.2) is 22.7 Å². The quantitative estimate of drug-likeness (QED) is 0.914. The Bertz CT molecular complexity index is 481. The number of primary amides is 1. The first-order chi connectivity index (χ1) is 8.97. The van der Waals surface area contributed by atoms with E-state index in [0.29, 0.717) is 6.04 Å². The highest BCUT2D eigenvalue weighted by Crippen LogP contribution is 2.27. The molecule has 0 bridgehead atoms. The lowest BCUT2D eigenvalue weighted by Gasteiger charge is -2.37. The largest absolute Gasteiger partial charge is 0.369 e. The van der Waals surface area contributed by atoms with Crippen molar-refractivity contribution in [3.8, 4) is 0 Å². The van der Waals surface area contributed by atoms with Crippen LogP contribution in [0.1, 0.15) is 25.3 Å². The van der Waals surface area contributed by atoms with Gasteiger partial charge in [-0.1, -0.05) is 33.6 Å². The number of carbonyl (C=O) groups excluding carboxylic acids is 1. The summed E-state index contributed by atoms with van der Waals surface area (Å²) in [4.78, 5) is 13.6. The summed E-state index contributed by atoms with van der Waals surface area (Å²) in [5.74, 6) is -0.232. The van der Waals surface area contributed by atoms with Crippen LogP contribution in [0.25, 0.3) is 0 Å². The molecule has 1 aliphatic rings. The third-order valence-electron chi connectivity index (χ3n) is 3.80. The highest BCUT2D eigenvalue weighted by atomic mass is 79.9. The van der Waals surface area contributed by atoms with Crippen LogP contribution in [0.5, 0.6) is 0 Å². The van der Waals surface area contributed by atoms with E-state index >= 15 is 0 Å². The van der Waals surface area contributed by atoms with Crippen LogP contribution in [0, 0.1) is 5.92 Å². The average Bonchev–Trinajstić information content (AvgIpc) is 2.34. The Kier molecular flexibility index (Phi) is 4.87. The van der Waals surface area contributed by atoms with E-state index in [0.717, 1.165) is 41.0 Å². The number of likely N-dealkylation sites (tertiary alicyclic amines) is 1. The summed E-state index contributed by atoms with van der Waals surface area (Å²) in [6, 6.07) is 6.36. The van der Waals surface area contributed by atoms with Crippen LogP contribution < -0.4 is 5.73 Å². The molecule has 1 heterocycles. The Labute approximate surface area is 127 Å². The number of hydrogen-bond acceptors (Lipinski definition) is 2. The van der Waals surface area contributed by atoms with Crippen molar-refractivity contribution in [1.29, 1.82) is 0 Å². The van der Waals surface area contributed by atoms with Crippen molar-refractivity contribution in [1.82, 2.24) is 4.90 Å². The predicted molar refractivity (Wildman–Crippen MR) is 80.9 cm³/mol. The van der Waals surface area contributed by atoms with E-state index in [1.165, 1.54) is 0 Å². The second-order valence-corrected chi connectivity index (χ2v) is 6.51. The van der Waals surface area contributed by atoms with E-state index < -0.39 is 0 Å². The molecule has 0 aromatic heterocycles. The van der Waals surface area contributed by atoms with Crippen molar-refractivity contribution >= 4 is 33.4 Å². The number of piperidine rings is 1. The van der Waals surface area contributed by atoms with Crippen LogP contribution in [0.2, 0.25) is 5.02 Å². The lowest BCUT2D eigenvalue weighted by Crippen LogP contribution is -2.45. The van der Waals surface area contributed by atoms with E-state index in [2.05, 4.69) is 27.8 Å². The third-order valence-corrected chi connectivity index (χ3v) is 4.65. The summed E-state index contributed by atoms with van der Waals surface area (Å²) in [5.41, 5.74) is 6.51. The zero-order chi connectivity index (χ0) is 14.0. The molecule has 2 atom stereocenters. The van der Waals surface area contributed by atoms with Gasteiger partial charge >= 0.3 is 0 Å². The van der Waals surface area contributed by atoms with Crippen LogP contribution in [-0.4, -0.2) is 23.4 Å². The number of benzene rings is 1. The van der Waals surface area contributed by atoms with Crippen LogP contribution in [-0.2, 0) is 11.3 Å². The molecule has 0 spiro atoms. The van der Waals surface area contributed by atoms with Gasteiger partial charge in [0.1, 0.15) is 0 Å². The van der Waals surface area contributed by atoms with Gasteiger partial charge in [0.15, 0.2) is 0 Å². The Balaban J connectivity index is 2.09. The van der Waals surface area contributed by atoms with Crippen LogP contribution >= 0.6 is 27.5 Å². The third kappa shape index (κ3) is 3.71. The van der Waals surface area contributed by atoms with Crippen molar-refractivity contribution in [2.45, 2.75) is 32.4 Å². The Hall–Kier alpha value is -0.580. The summed E-state index contributed by atoms with van der Waals surface area (Å²) >= 11 is 9.65. The lowest BCUT2D eigenvalue weighted by atomic mass is 9.92. The molecular formula is C14H18BrClN2O. The second kappa shape index (κ2) is 6.25. The highest BCUT2D eigenvalue weighted by Gasteiger charge is 2.28. The number of rotatable bonds is 3. The summed E-state index contributed by atoms with van der Waals surface area (Å²) < 4.78 is 0.975. The lowest BCUT2D eigenvalue weighted by molar-refractivity contribution is -0.124. The second-order valence-electron chi connectivity index (χ2n) is 5.19. The van der Waals surface area contributed by atoms with Crippen molar-refractivity contribution in [3.63, 3.8) is 0 Å². The van der Waals surface area contributed by atoms with Gasteiger partial charge in [-0.2, -0.15) is 0 Å². The summed E-state index contributed by atoms with van der Waals surface area (Å²) in [6.45, 7) is 3.67. The number of nitrogens with zero attached hydrogens (tertiary/aromatic N) is 1. The molecule has 5 heteroatoms. The molecule has 1 aromatic carbocycles. The minimum atomic E-state index is -0.196. The maximum Gasteiger partial charge on any atom is 0.221 e. The molecule has 19 heavy (non-hydrogen) atoms. The SMILES string of the molecule is CC1CCC(C(N)=O)CN1Cc1ccc(Br)cc1Cl. The molecule has 1 fully saturated rings. The van der Waals surface area contributed by atoms with Crippen molar-refractivity contribution in [2.75, 3.05) is 6.54 Å². The Morgan fingerprint density at radius 3 is 2.89 bits per heavy atom. The molecular weight excluding hydrogens is 328 g/mol. The van der Waals surface area contributed by atoms with E-state index in [1.807, 2.05) is 18.2 Å². The molecule has 0 saturated carbocycles. The number of amides is 1. The van der Waals surface area contributed by atoms with Gasteiger partial charge in [-0.05, 0) is 37.5 Å². The molecule has 1 aliphatic heterocycles. The van der Waals surface area contributed by atoms with E-state index in [1.54, 1.807) is 0 Å². The van der Waals surface area contributed by atoms with Gasteiger partial charge in [0, 0.05) is 28.6 Å². The summed E-state index contributed by atoms with van der Waals surface area (Å²) in [6.07, 6.45) is 1.89. The molecule has 1 amide bonds. The van der Waals surface area contributed by atoms with Gasteiger partial charge in [0.2, 0.25) is 5.91 Å². The van der Waals surface area contributed by atoms with E-state index in [9.17, 15) is 4.79 Å². The predicted octanol–water partition coefficient (Wildman–Crippen LogP) is 3.19. The number of nitrogens with two attached hydrogens (primary N) is 1. The van der Waals surface area contributed by atoms with Crippen molar-refractivity contribution < 1.29 is 4.79 Å². The standard InChI is InChI=1S/C14H18BrClN2O/c1-9-2-3-11(14(17)19)8-18(9)7-10-4-5-12(15)6-13(10)16/h4-6,9,11H,2-3,7-8H2,1H3,(H2,17,19). The molecule has 2 rings (SSSR count). The first-order valence-electron chi connectivity index (χ1n) is 6.44. The fourth-order valence-corrected chi connectivity index (χ4v) is 3.23. The van der Waals surface area contributed by atoms with E-state index in [4.69, 9.17) is 17.3 Å². The zero-order valence-electron chi connectivity index (χ0n) is 10.9. The number of halogens is 2. The van der Waals surface area contributed by atoms with E-state index in [-0.39, 0.29) is 11.8 Å². The molecule has 1 aromatic rings. The van der Waals surface area contributed by atoms with Gasteiger partial charge < -0.3 is 5.73 Å². The highest BCUT2D eigenvalue weighted by molar-refractivity contribution is 9.10. The minimum Gasteiger partial charge on any atom is -0.369 e. The smallest absolute Gasteiger partial charge is 0.221 e. The first kappa shape index (κ1) is 14.8. The molecule has 2 unspecified atom stereocenters. The fraction of sp³-hybridized carbons (Fsp3) is 0.500. The molecule has 0 radical (unpaired) electrons. The minimum absolute atomic E-state index is 0.0366. The van der Waals surface area contributed by atoms with Crippen molar-refractivity contribution in [2.24, 2.45) is 11.7 Å². The number of carbonyl (C=O) groups is 1. The number of hydrogen-bond donors (Lipinski definition) is 1. The van der Waals surface area contributed by atoms with Gasteiger partial charge in [0.05, 0.1) is 5.92 Å². The molecule has 0 aliphatic carbocycles. The molecule has 2 N–H and O–H groups in total. The summed E-state index contributed by atoms with van der Waals surface area (Å²) in [5, 5.41) is 0.753. The Morgan fingerprint density at radius 1 is 1.53 bits per heavy atom. The normalized spacial score (nSPS) is 24.4. The van der Waals surface area contributed by atoms with Gasteiger partial charge in [-0.15, -0.1) is 0 Å². The van der Waals surface area contributed by atoms with Crippen LogP contribution in [0.4, 0.5) is 0 Å². The summed E-state index contributed by atoms with van der Waals surface area (Å²) in [7, 11) is 0. The molecule has 104 valence electrons. The van der Waals surface area contributed by atoms with Gasteiger partial charge in [-0.25, -0.2) is 0 Å². The topological polar surface area (TPSA) is 46.3 Å². The van der Waals surface area contributed by atoms with Gasteiger partial charge in [0.25, 0.3) is 0 Å². The first-order valence-corrected chi connectivity index (χ1v) is 7.61. The van der Waals surface area contributed by atoms with Gasteiger partial charge in [-0.3, -0.25) is 9.69 Å². The van der Waals surface area contributed by atoms with Crippen molar-refractivity contribution in [3.05, 3.63) is 33.3 Å². The van der Waals surface area contributed by atoms with Crippen LogP contribution in [0.3, 0.4) is 0 Å². The maximum atomic E-state index is 11.3. The average molecular weight is 346 g/mol. The fourth-order valence-electron chi connectivity index (χ4n) is 2.50. The molecule has 1 saturated heterocycles.